The molecule has 1 aliphatic heterocycles. The topological polar surface area (TPSA) is 79.0 Å². The fourth-order valence-corrected chi connectivity index (χ4v) is 4.26. The number of nitrogens with zero attached hydrogens (tertiary/aromatic N) is 2. The molecular formula is C18H29N3O4S. The molecule has 26 heavy (non-hydrogen) atoms. The van der Waals surface area contributed by atoms with Gasteiger partial charge >= 0.3 is 0 Å². The van der Waals surface area contributed by atoms with E-state index in [0.717, 1.165) is 25.0 Å². The van der Waals surface area contributed by atoms with Gasteiger partial charge in [0, 0.05) is 33.7 Å². The maximum atomic E-state index is 12.4. The first-order valence-corrected chi connectivity index (χ1v) is 10.3. The molecule has 1 amide bonds. The Bertz CT molecular complexity index is 706. The summed E-state index contributed by atoms with van der Waals surface area (Å²) in [5, 5.41) is 2.95. The van der Waals surface area contributed by atoms with Crippen LogP contribution in [0.15, 0.2) is 24.3 Å². The zero-order valence-corrected chi connectivity index (χ0v) is 16.6. The maximum Gasteiger partial charge on any atom is 0.281 e. The summed E-state index contributed by atoms with van der Waals surface area (Å²) < 4.78 is 32.3. The van der Waals surface area contributed by atoms with Gasteiger partial charge in [0.15, 0.2) is 0 Å². The number of carbonyl (C=O) groups is 1. The van der Waals surface area contributed by atoms with Gasteiger partial charge in [-0.3, -0.25) is 4.79 Å². The predicted molar refractivity (Wildman–Crippen MR) is 101 cm³/mol. The van der Waals surface area contributed by atoms with Gasteiger partial charge in [0.05, 0.1) is 13.0 Å². The highest BCUT2D eigenvalue weighted by atomic mass is 32.2. The second-order valence-electron chi connectivity index (χ2n) is 6.73. The lowest BCUT2D eigenvalue weighted by atomic mass is 9.99. The number of hydrogen-bond donors (Lipinski definition) is 1. The molecular weight excluding hydrogens is 354 g/mol. The predicted octanol–water partition coefficient (Wildman–Crippen LogP) is 1.26. The first-order chi connectivity index (χ1) is 12.3. The highest BCUT2D eigenvalue weighted by Crippen LogP contribution is 2.20. The standard InChI is InChI=1S/C18H29N3O4S/c1-20(2)26(23,24)21-12-6-9-16(14-21)18(22)19-11-5-8-15-7-4-10-17(13-15)25-3/h4,7,10,13,16H,5-6,8-9,11-12,14H2,1-3H3,(H,19,22)/t16-/m1/s1. The molecule has 2 rings (SSSR count). The van der Waals surface area contributed by atoms with Gasteiger partial charge in [0.25, 0.3) is 10.2 Å². The molecule has 0 aliphatic carbocycles. The van der Waals surface area contributed by atoms with Crippen molar-refractivity contribution in [3.63, 3.8) is 0 Å². The van der Waals surface area contributed by atoms with E-state index in [1.807, 2.05) is 24.3 Å². The van der Waals surface area contributed by atoms with Crippen molar-refractivity contribution in [2.75, 3.05) is 40.8 Å². The maximum absolute atomic E-state index is 12.4. The van der Waals surface area contributed by atoms with Crippen LogP contribution >= 0.6 is 0 Å². The van der Waals surface area contributed by atoms with Crippen molar-refractivity contribution in [2.24, 2.45) is 5.92 Å². The molecule has 7 nitrogen and oxygen atoms in total. The van der Waals surface area contributed by atoms with Crippen LogP contribution in [-0.4, -0.2) is 63.8 Å². The van der Waals surface area contributed by atoms with E-state index in [-0.39, 0.29) is 18.4 Å². The quantitative estimate of drug-likeness (QED) is 0.686. The lowest BCUT2D eigenvalue weighted by Crippen LogP contribution is -2.48. The van der Waals surface area contributed by atoms with Crippen LogP contribution in [0.5, 0.6) is 5.75 Å². The van der Waals surface area contributed by atoms with Gasteiger partial charge in [-0.1, -0.05) is 12.1 Å². The molecule has 1 atom stereocenters. The van der Waals surface area contributed by atoms with E-state index in [4.69, 9.17) is 4.74 Å². The zero-order valence-electron chi connectivity index (χ0n) is 15.8. The van der Waals surface area contributed by atoms with Crippen molar-refractivity contribution >= 4 is 16.1 Å². The van der Waals surface area contributed by atoms with E-state index in [2.05, 4.69) is 5.32 Å². The van der Waals surface area contributed by atoms with E-state index in [0.29, 0.717) is 19.5 Å². The Balaban J connectivity index is 1.78. The minimum absolute atomic E-state index is 0.0608. The largest absolute Gasteiger partial charge is 0.497 e. The van der Waals surface area contributed by atoms with E-state index >= 15 is 0 Å². The summed E-state index contributed by atoms with van der Waals surface area (Å²) in [6.45, 7) is 1.30. The Morgan fingerprint density at radius 2 is 2.15 bits per heavy atom. The normalized spacial score (nSPS) is 18.7. The smallest absolute Gasteiger partial charge is 0.281 e. The molecule has 1 fully saturated rings. The van der Waals surface area contributed by atoms with Gasteiger partial charge in [-0.15, -0.1) is 0 Å². The fourth-order valence-electron chi connectivity index (χ4n) is 3.07. The second kappa shape index (κ2) is 9.34. The number of amides is 1. The second-order valence-corrected chi connectivity index (χ2v) is 8.88. The molecule has 1 heterocycles. The van der Waals surface area contributed by atoms with Gasteiger partial charge in [-0.2, -0.15) is 17.0 Å². The van der Waals surface area contributed by atoms with Crippen LogP contribution in [0.1, 0.15) is 24.8 Å². The molecule has 1 aromatic carbocycles. The summed E-state index contributed by atoms with van der Waals surface area (Å²) in [6.07, 6.45) is 3.10. The number of hydrogen-bond acceptors (Lipinski definition) is 4. The van der Waals surface area contributed by atoms with E-state index < -0.39 is 10.2 Å². The molecule has 1 aromatic rings. The summed E-state index contributed by atoms with van der Waals surface area (Å²) in [6, 6.07) is 7.89. The summed E-state index contributed by atoms with van der Waals surface area (Å²) >= 11 is 0. The minimum atomic E-state index is -3.46. The highest BCUT2D eigenvalue weighted by molar-refractivity contribution is 7.86. The molecule has 1 saturated heterocycles. The highest BCUT2D eigenvalue weighted by Gasteiger charge is 2.33. The van der Waals surface area contributed by atoms with E-state index in [9.17, 15) is 13.2 Å². The number of carbonyl (C=O) groups excluding carboxylic acids is 1. The third kappa shape index (κ3) is 5.43. The monoisotopic (exact) mass is 383 g/mol. The van der Waals surface area contributed by atoms with Crippen molar-refractivity contribution < 1.29 is 17.9 Å². The number of ether oxygens (including phenoxy) is 1. The molecule has 0 spiro atoms. The number of nitrogens with one attached hydrogen (secondary N) is 1. The third-order valence-corrected chi connectivity index (χ3v) is 6.53. The van der Waals surface area contributed by atoms with Gasteiger partial charge in [0.2, 0.25) is 5.91 Å². The summed E-state index contributed by atoms with van der Waals surface area (Å²) in [4.78, 5) is 12.4. The van der Waals surface area contributed by atoms with Crippen LogP contribution in [-0.2, 0) is 21.4 Å². The van der Waals surface area contributed by atoms with Crippen molar-refractivity contribution in [1.82, 2.24) is 13.9 Å². The molecule has 0 radical (unpaired) electrons. The molecule has 0 unspecified atom stereocenters. The third-order valence-electron chi connectivity index (χ3n) is 4.62. The van der Waals surface area contributed by atoms with Crippen LogP contribution in [0.3, 0.4) is 0 Å². The summed E-state index contributed by atoms with van der Waals surface area (Å²) in [5.74, 6) is 0.487. The van der Waals surface area contributed by atoms with Gasteiger partial charge in [0.1, 0.15) is 5.75 Å². The number of rotatable bonds is 8. The Hall–Kier alpha value is -1.64. The summed E-state index contributed by atoms with van der Waals surface area (Å²) in [7, 11) is 1.21. The molecule has 0 aromatic heterocycles. The van der Waals surface area contributed by atoms with Gasteiger partial charge < -0.3 is 10.1 Å². The lowest BCUT2D eigenvalue weighted by molar-refractivity contribution is -0.126. The Morgan fingerprint density at radius 1 is 1.38 bits per heavy atom. The number of methoxy groups -OCH3 is 1. The SMILES string of the molecule is COc1cccc(CCCNC(=O)[C@@H]2CCCN(S(=O)(=O)N(C)C)C2)c1. The van der Waals surface area contributed by atoms with Crippen molar-refractivity contribution in [3.05, 3.63) is 29.8 Å². The van der Waals surface area contributed by atoms with Crippen LogP contribution in [0.25, 0.3) is 0 Å². The van der Waals surface area contributed by atoms with Gasteiger partial charge in [-0.05, 0) is 43.4 Å². The molecule has 146 valence electrons. The average molecular weight is 384 g/mol. The molecule has 1 aliphatic rings. The first-order valence-electron chi connectivity index (χ1n) is 8.93. The molecule has 0 saturated carbocycles. The molecule has 8 heteroatoms. The average Bonchev–Trinajstić information content (AvgIpc) is 2.65. The number of benzene rings is 1. The molecule has 0 bridgehead atoms. The van der Waals surface area contributed by atoms with Crippen LogP contribution in [0.2, 0.25) is 0 Å². The molecule has 1 N–H and O–H groups in total. The van der Waals surface area contributed by atoms with Crippen molar-refractivity contribution in [3.8, 4) is 5.75 Å². The van der Waals surface area contributed by atoms with Crippen LogP contribution < -0.4 is 10.1 Å². The van der Waals surface area contributed by atoms with Crippen molar-refractivity contribution in [2.45, 2.75) is 25.7 Å². The van der Waals surface area contributed by atoms with Crippen molar-refractivity contribution in [1.29, 1.82) is 0 Å². The number of piperidine rings is 1. The summed E-state index contributed by atoms with van der Waals surface area (Å²) in [5.41, 5.74) is 1.17. The minimum Gasteiger partial charge on any atom is -0.497 e. The van der Waals surface area contributed by atoms with E-state index in [1.165, 1.54) is 28.3 Å². The van der Waals surface area contributed by atoms with Gasteiger partial charge in [-0.25, -0.2) is 0 Å². The lowest BCUT2D eigenvalue weighted by Gasteiger charge is -2.32. The Kier molecular flexibility index (Phi) is 7.43. The Labute approximate surface area is 156 Å². The van der Waals surface area contributed by atoms with Crippen LogP contribution in [0.4, 0.5) is 0 Å². The van der Waals surface area contributed by atoms with E-state index in [1.54, 1.807) is 7.11 Å². The number of aryl methyl sites for hydroxylation is 1. The van der Waals surface area contributed by atoms with Crippen LogP contribution in [0, 0.1) is 5.92 Å². The fraction of sp³-hybridized carbons (Fsp3) is 0.611. The zero-order chi connectivity index (χ0) is 19.2. The Morgan fingerprint density at radius 3 is 2.85 bits per heavy atom. The first kappa shape index (κ1) is 20.7.